The first-order valence-electron chi connectivity index (χ1n) is 6.49. The fourth-order valence-electron chi connectivity index (χ4n) is 2.28. The number of fused-ring (bicyclic) bond motifs is 1. The van der Waals surface area contributed by atoms with Crippen LogP contribution in [0.1, 0.15) is 17.3 Å². The molecule has 0 spiro atoms. The third-order valence-corrected chi connectivity index (χ3v) is 3.31. The molecule has 0 fully saturated rings. The lowest BCUT2D eigenvalue weighted by atomic mass is 10.0. The Labute approximate surface area is 116 Å². The van der Waals surface area contributed by atoms with Crippen LogP contribution in [0.4, 0.5) is 0 Å². The maximum atomic E-state index is 4.35. The third-order valence-electron chi connectivity index (χ3n) is 3.31. The van der Waals surface area contributed by atoms with Gasteiger partial charge in [0.05, 0.1) is 16.7 Å². The lowest BCUT2D eigenvalue weighted by molar-refractivity contribution is 0.584. The molecule has 0 saturated carbocycles. The first kappa shape index (κ1) is 12.7. The van der Waals surface area contributed by atoms with Crippen LogP contribution in [0, 0.1) is 0 Å². The van der Waals surface area contributed by atoms with E-state index in [4.69, 9.17) is 0 Å². The third kappa shape index (κ3) is 2.50. The van der Waals surface area contributed by atoms with Gasteiger partial charge in [-0.3, -0.25) is 14.6 Å². The molecule has 6 nitrogen and oxygen atoms in total. The number of benzene rings is 1. The molecule has 0 aliphatic heterocycles. The molecular weight excluding hydrogens is 252 g/mol. The fourth-order valence-corrected chi connectivity index (χ4v) is 2.28. The van der Waals surface area contributed by atoms with Crippen molar-refractivity contribution in [3.8, 4) is 0 Å². The predicted molar refractivity (Wildman–Crippen MR) is 76.0 cm³/mol. The second kappa shape index (κ2) is 5.34. The molecule has 1 unspecified atom stereocenters. The molecule has 0 amide bonds. The number of hydrogen-bond acceptors (Lipinski definition) is 5. The van der Waals surface area contributed by atoms with Crippen molar-refractivity contribution in [1.82, 2.24) is 30.3 Å². The summed E-state index contributed by atoms with van der Waals surface area (Å²) in [4.78, 5) is 8.63. The molecule has 102 valence electrons. The Kier molecular flexibility index (Phi) is 3.39. The number of rotatable bonds is 4. The summed E-state index contributed by atoms with van der Waals surface area (Å²) in [5.74, 6) is 0. The van der Waals surface area contributed by atoms with Gasteiger partial charge in [0.2, 0.25) is 0 Å². The van der Waals surface area contributed by atoms with E-state index in [-0.39, 0.29) is 6.04 Å². The molecule has 3 rings (SSSR count). The van der Waals surface area contributed by atoms with Crippen LogP contribution in [-0.4, -0.2) is 32.0 Å². The molecule has 0 saturated heterocycles. The molecule has 2 heterocycles. The molecule has 20 heavy (non-hydrogen) atoms. The molecule has 1 aromatic carbocycles. The lowest BCUT2D eigenvalue weighted by Crippen LogP contribution is -2.19. The Balaban J connectivity index is 1.90. The molecule has 0 aliphatic rings. The van der Waals surface area contributed by atoms with E-state index in [0.29, 0.717) is 0 Å². The van der Waals surface area contributed by atoms with Crippen LogP contribution in [0.2, 0.25) is 0 Å². The highest BCUT2D eigenvalue weighted by Crippen LogP contribution is 2.20. The summed E-state index contributed by atoms with van der Waals surface area (Å²) in [5, 5.41) is 11.4. The molecule has 0 radical (unpaired) electrons. The highest BCUT2D eigenvalue weighted by Gasteiger charge is 2.13. The van der Waals surface area contributed by atoms with Crippen LogP contribution in [0.15, 0.2) is 36.8 Å². The minimum absolute atomic E-state index is 0.179. The number of hydrogen-bond donors (Lipinski definition) is 1. The van der Waals surface area contributed by atoms with Gasteiger partial charge in [-0.2, -0.15) is 0 Å². The number of likely N-dealkylation sites (N-methyl/N-ethyl adjacent to an activating group) is 1. The van der Waals surface area contributed by atoms with E-state index in [1.807, 2.05) is 26.4 Å². The van der Waals surface area contributed by atoms with Gasteiger partial charge < -0.3 is 5.32 Å². The molecule has 1 atom stereocenters. The smallest absolute Gasteiger partial charge is 0.0890 e. The summed E-state index contributed by atoms with van der Waals surface area (Å²) in [6.45, 7) is 0. The first-order chi connectivity index (χ1) is 9.76. The van der Waals surface area contributed by atoms with Crippen molar-refractivity contribution in [3.63, 3.8) is 0 Å². The van der Waals surface area contributed by atoms with Gasteiger partial charge >= 0.3 is 0 Å². The quantitative estimate of drug-likeness (QED) is 0.771. The Hall–Kier alpha value is -2.34. The largest absolute Gasteiger partial charge is 0.313 e. The Morgan fingerprint density at radius 2 is 2.00 bits per heavy atom. The molecule has 0 aliphatic carbocycles. The zero-order valence-electron chi connectivity index (χ0n) is 11.5. The van der Waals surface area contributed by atoms with Crippen LogP contribution in [0.5, 0.6) is 0 Å². The van der Waals surface area contributed by atoms with Crippen LogP contribution in [-0.2, 0) is 13.5 Å². The van der Waals surface area contributed by atoms with Crippen molar-refractivity contribution in [1.29, 1.82) is 0 Å². The van der Waals surface area contributed by atoms with Gasteiger partial charge in [-0.15, -0.1) is 5.10 Å². The average Bonchev–Trinajstić information content (AvgIpc) is 2.89. The Morgan fingerprint density at radius 3 is 2.70 bits per heavy atom. The Bertz CT molecular complexity index is 720. The first-order valence-corrected chi connectivity index (χ1v) is 6.49. The highest BCUT2D eigenvalue weighted by molar-refractivity contribution is 5.74. The van der Waals surface area contributed by atoms with Gasteiger partial charge in [0, 0.05) is 38.1 Å². The average molecular weight is 268 g/mol. The highest BCUT2D eigenvalue weighted by atomic mass is 15.4. The maximum absolute atomic E-state index is 4.35. The van der Waals surface area contributed by atoms with Gasteiger partial charge in [-0.25, -0.2) is 0 Å². The van der Waals surface area contributed by atoms with E-state index < -0.39 is 0 Å². The normalized spacial score (nSPS) is 12.7. The van der Waals surface area contributed by atoms with Gasteiger partial charge in [0.1, 0.15) is 0 Å². The summed E-state index contributed by atoms with van der Waals surface area (Å²) in [5.41, 5.74) is 3.95. The minimum atomic E-state index is 0.179. The number of nitrogens with zero attached hydrogens (tertiary/aromatic N) is 5. The van der Waals surface area contributed by atoms with Crippen molar-refractivity contribution >= 4 is 11.0 Å². The van der Waals surface area contributed by atoms with E-state index in [0.717, 1.165) is 23.1 Å². The van der Waals surface area contributed by atoms with E-state index >= 15 is 0 Å². The monoisotopic (exact) mass is 268 g/mol. The zero-order chi connectivity index (χ0) is 13.9. The molecule has 3 aromatic rings. The van der Waals surface area contributed by atoms with Crippen LogP contribution >= 0.6 is 0 Å². The lowest BCUT2D eigenvalue weighted by Gasteiger charge is -2.15. The van der Waals surface area contributed by atoms with Crippen LogP contribution in [0.3, 0.4) is 0 Å². The van der Waals surface area contributed by atoms with Crippen molar-refractivity contribution in [3.05, 3.63) is 48.0 Å². The number of aryl methyl sites for hydroxylation is 1. The van der Waals surface area contributed by atoms with Crippen LogP contribution in [0.25, 0.3) is 11.0 Å². The summed E-state index contributed by atoms with van der Waals surface area (Å²) in [6, 6.07) is 6.32. The van der Waals surface area contributed by atoms with Gasteiger partial charge in [0.25, 0.3) is 0 Å². The van der Waals surface area contributed by atoms with Crippen molar-refractivity contribution in [2.24, 2.45) is 7.05 Å². The topological polar surface area (TPSA) is 68.5 Å². The maximum Gasteiger partial charge on any atom is 0.0890 e. The fraction of sp³-hybridized carbons (Fsp3) is 0.286. The summed E-state index contributed by atoms with van der Waals surface area (Å²) < 4.78 is 1.72. The molecule has 0 bridgehead atoms. The number of aromatic nitrogens is 5. The van der Waals surface area contributed by atoms with E-state index in [1.165, 1.54) is 5.56 Å². The summed E-state index contributed by atoms with van der Waals surface area (Å²) >= 11 is 0. The summed E-state index contributed by atoms with van der Waals surface area (Å²) in [6.07, 6.45) is 6.14. The van der Waals surface area contributed by atoms with Crippen molar-refractivity contribution in [2.75, 3.05) is 7.05 Å². The predicted octanol–water partition coefficient (Wildman–Crippen LogP) is 1.26. The Morgan fingerprint density at radius 1 is 1.20 bits per heavy atom. The van der Waals surface area contributed by atoms with Crippen LogP contribution < -0.4 is 5.32 Å². The minimum Gasteiger partial charge on any atom is -0.313 e. The molecule has 1 N–H and O–H groups in total. The zero-order valence-corrected chi connectivity index (χ0v) is 11.5. The molecular formula is C14H16N6. The van der Waals surface area contributed by atoms with Gasteiger partial charge in [-0.05, 0) is 24.7 Å². The SMILES string of the molecule is CNC(Cc1cn(C)nn1)c1ccc2nccnc2c1. The van der Waals surface area contributed by atoms with Gasteiger partial charge in [-0.1, -0.05) is 11.3 Å². The standard InChI is InChI=1S/C14H16N6/c1-15-13(8-11-9-20(2)19-18-11)10-3-4-12-14(7-10)17-6-5-16-12/h3-7,9,13,15H,8H2,1-2H3. The van der Waals surface area contributed by atoms with E-state index in [9.17, 15) is 0 Å². The number of nitrogens with one attached hydrogen (secondary N) is 1. The van der Waals surface area contributed by atoms with Gasteiger partial charge in [0.15, 0.2) is 0 Å². The van der Waals surface area contributed by atoms with Crippen molar-refractivity contribution < 1.29 is 0 Å². The molecule has 2 aromatic heterocycles. The second-order valence-corrected chi connectivity index (χ2v) is 4.73. The van der Waals surface area contributed by atoms with E-state index in [1.54, 1.807) is 17.1 Å². The summed E-state index contributed by atoms with van der Waals surface area (Å²) in [7, 11) is 3.82. The second-order valence-electron chi connectivity index (χ2n) is 4.73. The molecule has 6 heteroatoms. The van der Waals surface area contributed by atoms with E-state index in [2.05, 4.69) is 37.7 Å². The van der Waals surface area contributed by atoms with Crippen molar-refractivity contribution in [2.45, 2.75) is 12.5 Å².